The molecule has 0 aliphatic carbocycles. The van der Waals surface area contributed by atoms with Crippen molar-refractivity contribution >= 4 is 21.6 Å². The monoisotopic (exact) mass is 392 g/mol. The lowest BCUT2D eigenvalue weighted by molar-refractivity contribution is -0.122. The molecule has 2 atom stereocenters. The largest absolute Gasteiger partial charge is 0.348 e. The Hall–Kier alpha value is -2.41. The van der Waals surface area contributed by atoms with Crippen molar-refractivity contribution in [3.63, 3.8) is 0 Å². The van der Waals surface area contributed by atoms with E-state index in [-0.39, 0.29) is 11.9 Å². The SMILES string of the molecule is CC[C@H](C(=O)N[C@@H](C)c1ccc(F)cc1)N(c1cccc(C)c1)S(C)(=O)=O. The van der Waals surface area contributed by atoms with Gasteiger partial charge in [0.25, 0.3) is 0 Å². The first-order chi connectivity index (χ1) is 12.6. The van der Waals surface area contributed by atoms with Crippen molar-refractivity contribution in [3.05, 3.63) is 65.5 Å². The van der Waals surface area contributed by atoms with Crippen molar-refractivity contribution < 1.29 is 17.6 Å². The molecular formula is C20H25FN2O3S. The zero-order valence-corrected chi connectivity index (χ0v) is 16.8. The molecule has 0 aliphatic rings. The van der Waals surface area contributed by atoms with Crippen LogP contribution in [0.3, 0.4) is 0 Å². The molecule has 0 aliphatic heterocycles. The molecule has 0 aromatic heterocycles. The number of hydrogen-bond acceptors (Lipinski definition) is 3. The maximum atomic E-state index is 13.1. The minimum Gasteiger partial charge on any atom is -0.348 e. The molecule has 2 aromatic carbocycles. The van der Waals surface area contributed by atoms with E-state index >= 15 is 0 Å². The first kappa shape index (κ1) is 20.9. The van der Waals surface area contributed by atoms with Crippen LogP contribution in [0.15, 0.2) is 48.5 Å². The first-order valence-electron chi connectivity index (χ1n) is 8.75. The van der Waals surface area contributed by atoms with Crippen LogP contribution in [-0.4, -0.2) is 26.6 Å². The van der Waals surface area contributed by atoms with E-state index in [1.54, 1.807) is 44.2 Å². The van der Waals surface area contributed by atoms with Gasteiger partial charge in [0.1, 0.15) is 11.9 Å². The third-order valence-electron chi connectivity index (χ3n) is 4.31. The summed E-state index contributed by atoms with van der Waals surface area (Å²) in [5.41, 5.74) is 2.09. The Morgan fingerprint density at radius 1 is 1.19 bits per heavy atom. The molecule has 0 heterocycles. The van der Waals surface area contributed by atoms with Crippen LogP contribution in [0.4, 0.5) is 10.1 Å². The number of amides is 1. The Bertz CT molecular complexity index is 898. The van der Waals surface area contributed by atoms with E-state index in [1.165, 1.54) is 12.1 Å². The number of nitrogens with zero attached hydrogens (tertiary/aromatic N) is 1. The summed E-state index contributed by atoms with van der Waals surface area (Å²) < 4.78 is 39.1. The van der Waals surface area contributed by atoms with Crippen LogP contribution in [-0.2, 0) is 14.8 Å². The lowest BCUT2D eigenvalue weighted by Crippen LogP contribution is -2.49. The van der Waals surface area contributed by atoms with Gasteiger partial charge in [-0.15, -0.1) is 0 Å². The van der Waals surface area contributed by atoms with Crippen LogP contribution in [0.5, 0.6) is 0 Å². The minimum absolute atomic E-state index is 0.309. The van der Waals surface area contributed by atoms with E-state index in [0.29, 0.717) is 12.1 Å². The average molecular weight is 392 g/mol. The number of benzene rings is 2. The van der Waals surface area contributed by atoms with Gasteiger partial charge in [-0.3, -0.25) is 9.10 Å². The third-order valence-corrected chi connectivity index (χ3v) is 5.49. The second kappa shape index (κ2) is 8.52. The molecule has 0 unspecified atom stereocenters. The molecule has 0 radical (unpaired) electrons. The Labute approximate surface area is 160 Å². The number of rotatable bonds is 7. The van der Waals surface area contributed by atoms with Crippen LogP contribution >= 0.6 is 0 Å². The molecule has 5 nitrogen and oxygen atoms in total. The predicted octanol–water partition coefficient (Wildman–Crippen LogP) is 3.56. The lowest BCUT2D eigenvalue weighted by Gasteiger charge is -2.31. The number of hydrogen-bond donors (Lipinski definition) is 1. The average Bonchev–Trinajstić information content (AvgIpc) is 2.58. The summed E-state index contributed by atoms with van der Waals surface area (Å²) in [6, 6.07) is 11.6. The van der Waals surface area contributed by atoms with Gasteiger partial charge in [-0.2, -0.15) is 0 Å². The smallest absolute Gasteiger partial charge is 0.244 e. The molecule has 2 rings (SSSR count). The highest BCUT2D eigenvalue weighted by molar-refractivity contribution is 7.92. The van der Waals surface area contributed by atoms with Gasteiger partial charge in [-0.1, -0.05) is 31.2 Å². The molecule has 0 saturated heterocycles. The highest BCUT2D eigenvalue weighted by Gasteiger charge is 2.32. The molecule has 1 amide bonds. The predicted molar refractivity (Wildman–Crippen MR) is 106 cm³/mol. The standard InChI is InChI=1S/C20H25FN2O3S/c1-5-19(20(24)22-15(3)16-9-11-17(21)12-10-16)23(27(4,25)26)18-8-6-7-14(2)13-18/h6-13,15,19H,5H2,1-4H3,(H,22,24)/t15-,19+/m0/s1. The van der Waals surface area contributed by atoms with E-state index in [0.717, 1.165) is 21.7 Å². The fraction of sp³-hybridized carbons (Fsp3) is 0.350. The number of aryl methyl sites for hydroxylation is 1. The first-order valence-corrected chi connectivity index (χ1v) is 10.6. The molecular weight excluding hydrogens is 367 g/mol. The molecule has 2 aromatic rings. The summed E-state index contributed by atoms with van der Waals surface area (Å²) in [6.07, 6.45) is 1.40. The summed E-state index contributed by atoms with van der Waals surface area (Å²) in [4.78, 5) is 12.9. The number of carbonyl (C=O) groups is 1. The van der Waals surface area contributed by atoms with E-state index < -0.39 is 22.0 Å². The third kappa shape index (κ3) is 5.29. The zero-order chi connectivity index (χ0) is 20.2. The summed E-state index contributed by atoms with van der Waals surface area (Å²) in [5, 5.41) is 2.84. The van der Waals surface area contributed by atoms with Crippen LogP contribution in [0.1, 0.15) is 37.4 Å². The maximum absolute atomic E-state index is 13.1. The normalized spacial score (nSPS) is 13.7. The highest BCUT2D eigenvalue weighted by atomic mass is 32.2. The Morgan fingerprint density at radius 2 is 1.81 bits per heavy atom. The van der Waals surface area contributed by atoms with Gasteiger partial charge in [-0.05, 0) is 55.7 Å². The Balaban J connectivity index is 2.30. The molecule has 0 bridgehead atoms. The number of carbonyl (C=O) groups excluding carboxylic acids is 1. The molecule has 146 valence electrons. The van der Waals surface area contributed by atoms with Crippen LogP contribution < -0.4 is 9.62 Å². The van der Waals surface area contributed by atoms with Gasteiger partial charge in [0.05, 0.1) is 18.0 Å². The van der Waals surface area contributed by atoms with Gasteiger partial charge in [-0.25, -0.2) is 12.8 Å². The van der Waals surface area contributed by atoms with Gasteiger partial charge in [0.2, 0.25) is 15.9 Å². The van der Waals surface area contributed by atoms with Gasteiger partial charge < -0.3 is 5.32 Å². The van der Waals surface area contributed by atoms with E-state index in [4.69, 9.17) is 0 Å². The molecule has 7 heteroatoms. The van der Waals surface area contributed by atoms with E-state index in [2.05, 4.69) is 5.32 Å². The van der Waals surface area contributed by atoms with Crippen molar-refractivity contribution in [2.45, 2.75) is 39.3 Å². The topological polar surface area (TPSA) is 66.5 Å². The second-order valence-electron chi connectivity index (χ2n) is 6.60. The fourth-order valence-electron chi connectivity index (χ4n) is 2.97. The molecule has 0 fully saturated rings. The van der Waals surface area contributed by atoms with Gasteiger partial charge >= 0.3 is 0 Å². The zero-order valence-electron chi connectivity index (χ0n) is 15.9. The van der Waals surface area contributed by atoms with E-state index in [1.807, 2.05) is 13.0 Å². The molecule has 0 saturated carbocycles. The minimum atomic E-state index is -3.67. The summed E-state index contributed by atoms with van der Waals surface area (Å²) >= 11 is 0. The second-order valence-corrected chi connectivity index (χ2v) is 8.46. The quantitative estimate of drug-likeness (QED) is 0.784. The lowest BCUT2D eigenvalue weighted by atomic mass is 10.1. The Kier molecular flexibility index (Phi) is 6.59. The molecule has 0 spiro atoms. The van der Waals surface area contributed by atoms with Crippen molar-refractivity contribution in [2.24, 2.45) is 0 Å². The van der Waals surface area contributed by atoms with Crippen molar-refractivity contribution in [2.75, 3.05) is 10.6 Å². The molecule has 1 N–H and O–H groups in total. The number of nitrogens with one attached hydrogen (secondary N) is 1. The number of sulfonamides is 1. The van der Waals surface area contributed by atoms with Crippen LogP contribution in [0.25, 0.3) is 0 Å². The number of anilines is 1. The molecule has 27 heavy (non-hydrogen) atoms. The Morgan fingerprint density at radius 3 is 2.33 bits per heavy atom. The van der Waals surface area contributed by atoms with Gasteiger partial charge in [0, 0.05) is 0 Å². The van der Waals surface area contributed by atoms with Gasteiger partial charge in [0.15, 0.2) is 0 Å². The van der Waals surface area contributed by atoms with Crippen LogP contribution in [0, 0.1) is 12.7 Å². The number of halogens is 1. The van der Waals surface area contributed by atoms with E-state index in [9.17, 15) is 17.6 Å². The van der Waals surface area contributed by atoms with Crippen molar-refractivity contribution in [1.29, 1.82) is 0 Å². The van der Waals surface area contributed by atoms with Crippen molar-refractivity contribution in [3.8, 4) is 0 Å². The fourth-order valence-corrected chi connectivity index (χ4v) is 4.17. The summed E-state index contributed by atoms with van der Waals surface area (Å²) in [7, 11) is -3.67. The van der Waals surface area contributed by atoms with Crippen LogP contribution in [0.2, 0.25) is 0 Å². The van der Waals surface area contributed by atoms with Crippen molar-refractivity contribution in [1.82, 2.24) is 5.32 Å². The highest BCUT2D eigenvalue weighted by Crippen LogP contribution is 2.24. The maximum Gasteiger partial charge on any atom is 0.244 e. The summed E-state index contributed by atoms with van der Waals surface area (Å²) in [6.45, 7) is 5.40. The summed E-state index contributed by atoms with van der Waals surface area (Å²) in [5.74, 6) is -0.757.